The molecule has 1 aliphatic heterocycles. The molecule has 2 rings (SSSR count). The molecule has 0 aliphatic carbocycles. The first-order valence-corrected chi connectivity index (χ1v) is 6.83. The Labute approximate surface area is 119 Å². The number of hydrogen-bond donors (Lipinski definition) is 1. The minimum atomic E-state index is -0.907. The highest BCUT2D eigenvalue weighted by molar-refractivity contribution is 5.87. The number of hydrogen-bond acceptors (Lipinski definition) is 2. The van der Waals surface area contributed by atoms with Gasteiger partial charge in [0.05, 0.1) is 12.0 Å². The molecule has 1 aromatic rings. The number of nitrogens with zero attached hydrogens (tertiary/aromatic N) is 1. The summed E-state index contributed by atoms with van der Waals surface area (Å²) < 4.78 is 0. The van der Waals surface area contributed by atoms with Crippen LogP contribution in [0, 0.1) is 12.8 Å². The lowest BCUT2D eigenvalue weighted by atomic mass is 9.91. The van der Waals surface area contributed by atoms with E-state index in [1.165, 1.54) is 0 Å². The molecule has 1 saturated heterocycles. The predicted molar refractivity (Wildman–Crippen MR) is 76.3 cm³/mol. The molecule has 1 aliphatic rings. The quantitative estimate of drug-likeness (QED) is 0.903. The molecule has 0 aromatic heterocycles. The second-order valence-corrected chi connectivity index (χ2v) is 6.44. The number of likely N-dealkylation sites (tertiary alicyclic amines) is 1. The van der Waals surface area contributed by atoms with Crippen LogP contribution in [-0.2, 0) is 9.59 Å². The third-order valence-electron chi connectivity index (χ3n) is 3.78. The van der Waals surface area contributed by atoms with Gasteiger partial charge in [0, 0.05) is 12.0 Å². The van der Waals surface area contributed by atoms with Crippen LogP contribution in [0.2, 0.25) is 0 Å². The van der Waals surface area contributed by atoms with Crippen molar-refractivity contribution in [3.63, 3.8) is 0 Å². The summed E-state index contributed by atoms with van der Waals surface area (Å²) in [6, 6.07) is 7.37. The van der Waals surface area contributed by atoms with Gasteiger partial charge >= 0.3 is 5.97 Å². The molecule has 108 valence electrons. The summed E-state index contributed by atoms with van der Waals surface area (Å²) in [5, 5.41) is 9.42. The zero-order valence-electron chi connectivity index (χ0n) is 12.4. The zero-order valence-corrected chi connectivity index (χ0v) is 12.4. The average molecular weight is 275 g/mol. The summed E-state index contributed by atoms with van der Waals surface area (Å²) >= 11 is 0. The number of carboxylic acid groups (broad SMARTS) is 1. The molecular weight excluding hydrogens is 254 g/mol. The van der Waals surface area contributed by atoms with Crippen LogP contribution in [0.3, 0.4) is 0 Å². The van der Waals surface area contributed by atoms with Crippen LogP contribution < -0.4 is 0 Å². The monoisotopic (exact) mass is 275 g/mol. The smallest absolute Gasteiger partial charge is 0.309 e. The minimum Gasteiger partial charge on any atom is -0.481 e. The summed E-state index contributed by atoms with van der Waals surface area (Å²) in [5.41, 5.74) is 1.62. The first kappa shape index (κ1) is 14.6. The molecule has 2 unspecified atom stereocenters. The number of amides is 1. The van der Waals surface area contributed by atoms with E-state index >= 15 is 0 Å². The van der Waals surface area contributed by atoms with Crippen molar-refractivity contribution in [2.45, 2.75) is 45.7 Å². The first-order valence-electron chi connectivity index (χ1n) is 6.83. The van der Waals surface area contributed by atoms with Crippen molar-refractivity contribution in [3.05, 3.63) is 35.4 Å². The van der Waals surface area contributed by atoms with Crippen molar-refractivity contribution in [2.75, 3.05) is 0 Å². The molecule has 0 bridgehead atoms. The van der Waals surface area contributed by atoms with E-state index < -0.39 is 17.4 Å². The van der Waals surface area contributed by atoms with E-state index in [2.05, 4.69) is 0 Å². The number of carboxylic acids is 1. The Hall–Kier alpha value is -1.84. The molecule has 4 nitrogen and oxygen atoms in total. The number of benzene rings is 1. The summed E-state index contributed by atoms with van der Waals surface area (Å²) in [5.74, 6) is -1.67. The van der Waals surface area contributed by atoms with Gasteiger partial charge in [-0.25, -0.2) is 0 Å². The molecule has 1 fully saturated rings. The molecular formula is C16H21NO3. The zero-order chi connectivity index (χ0) is 15.1. The van der Waals surface area contributed by atoms with E-state index in [9.17, 15) is 14.7 Å². The number of aryl methyl sites for hydroxylation is 1. The predicted octanol–water partition coefficient (Wildman–Crippen LogP) is 2.77. The summed E-state index contributed by atoms with van der Waals surface area (Å²) in [7, 11) is 0. The van der Waals surface area contributed by atoms with Crippen molar-refractivity contribution in [2.24, 2.45) is 5.92 Å². The fourth-order valence-corrected chi connectivity index (χ4v) is 2.89. The Morgan fingerprint density at radius 2 is 1.80 bits per heavy atom. The largest absolute Gasteiger partial charge is 0.481 e. The maximum Gasteiger partial charge on any atom is 0.309 e. The maximum atomic E-state index is 12.2. The molecule has 4 heteroatoms. The number of carbonyl (C=O) groups excluding carboxylic acids is 1. The average Bonchev–Trinajstić information content (AvgIpc) is 2.67. The third-order valence-corrected chi connectivity index (χ3v) is 3.78. The highest BCUT2D eigenvalue weighted by Gasteiger charge is 2.48. The van der Waals surface area contributed by atoms with Crippen molar-refractivity contribution < 1.29 is 14.7 Å². The van der Waals surface area contributed by atoms with E-state index in [1.54, 1.807) is 4.90 Å². The van der Waals surface area contributed by atoms with E-state index in [-0.39, 0.29) is 18.4 Å². The lowest BCUT2D eigenvalue weighted by Gasteiger charge is -2.38. The van der Waals surface area contributed by atoms with Crippen LogP contribution in [0.15, 0.2) is 24.3 Å². The molecule has 1 N–H and O–H groups in total. The Balaban J connectivity index is 2.49. The molecule has 0 radical (unpaired) electrons. The normalized spacial score (nSPS) is 23.2. The third kappa shape index (κ3) is 2.55. The van der Waals surface area contributed by atoms with Crippen LogP contribution in [-0.4, -0.2) is 27.4 Å². The first-order chi connectivity index (χ1) is 9.21. The van der Waals surface area contributed by atoms with Crippen LogP contribution in [0.25, 0.3) is 0 Å². The van der Waals surface area contributed by atoms with E-state index in [0.717, 1.165) is 11.1 Å². The lowest BCUT2D eigenvalue weighted by molar-refractivity contribution is -0.142. The fourth-order valence-electron chi connectivity index (χ4n) is 2.89. The number of carbonyl (C=O) groups is 2. The molecule has 1 heterocycles. The van der Waals surface area contributed by atoms with E-state index in [0.29, 0.717) is 0 Å². The summed E-state index contributed by atoms with van der Waals surface area (Å²) in [4.78, 5) is 25.5. The van der Waals surface area contributed by atoms with Crippen LogP contribution >= 0.6 is 0 Å². The van der Waals surface area contributed by atoms with Gasteiger partial charge in [0.2, 0.25) is 5.91 Å². The number of rotatable bonds is 2. The van der Waals surface area contributed by atoms with Gasteiger partial charge in [-0.1, -0.05) is 29.8 Å². The fraction of sp³-hybridized carbons (Fsp3) is 0.500. The van der Waals surface area contributed by atoms with E-state index in [1.807, 2.05) is 52.0 Å². The van der Waals surface area contributed by atoms with E-state index in [4.69, 9.17) is 0 Å². The Morgan fingerprint density at radius 3 is 2.25 bits per heavy atom. The second kappa shape index (κ2) is 4.93. The second-order valence-electron chi connectivity index (χ2n) is 6.44. The van der Waals surface area contributed by atoms with Crippen molar-refractivity contribution in [1.29, 1.82) is 0 Å². The number of aliphatic carboxylic acids is 1. The molecule has 0 spiro atoms. The highest BCUT2D eigenvalue weighted by Crippen LogP contribution is 2.42. The molecule has 1 amide bonds. The summed E-state index contributed by atoms with van der Waals surface area (Å²) in [6.45, 7) is 7.81. The van der Waals surface area contributed by atoms with Gasteiger partial charge in [0.15, 0.2) is 0 Å². The van der Waals surface area contributed by atoms with Crippen LogP contribution in [0.5, 0.6) is 0 Å². The Bertz CT molecular complexity index is 528. The standard InChI is InChI=1S/C16H21NO3/c1-10-5-7-11(8-6-10)14-12(15(19)20)9-13(18)17(14)16(2,3)4/h5-8,12,14H,9H2,1-4H3,(H,19,20). The molecule has 2 atom stereocenters. The molecule has 20 heavy (non-hydrogen) atoms. The lowest BCUT2D eigenvalue weighted by Crippen LogP contribution is -2.44. The molecule has 1 aromatic carbocycles. The van der Waals surface area contributed by atoms with Crippen molar-refractivity contribution in [1.82, 2.24) is 4.90 Å². The van der Waals surface area contributed by atoms with Gasteiger partial charge in [-0.2, -0.15) is 0 Å². The Kier molecular flexibility index (Phi) is 3.59. The minimum absolute atomic E-state index is 0.0746. The van der Waals surface area contributed by atoms with Crippen molar-refractivity contribution in [3.8, 4) is 0 Å². The van der Waals surface area contributed by atoms with Crippen LogP contribution in [0.4, 0.5) is 0 Å². The topological polar surface area (TPSA) is 57.6 Å². The van der Waals surface area contributed by atoms with Gasteiger partial charge < -0.3 is 10.0 Å². The van der Waals surface area contributed by atoms with Crippen molar-refractivity contribution >= 4 is 11.9 Å². The van der Waals surface area contributed by atoms with Crippen LogP contribution in [0.1, 0.15) is 44.4 Å². The van der Waals surface area contributed by atoms with Gasteiger partial charge in [-0.15, -0.1) is 0 Å². The van der Waals surface area contributed by atoms with Gasteiger partial charge in [-0.3, -0.25) is 9.59 Å². The summed E-state index contributed by atoms with van der Waals surface area (Å²) in [6.07, 6.45) is 0.0746. The SMILES string of the molecule is Cc1ccc(C2C(C(=O)O)CC(=O)N2C(C)(C)C)cc1. The maximum absolute atomic E-state index is 12.2. The molecule has 0 saturated carbocycles. The highest BCUT2D eigenvalue weighted by atomic mass is 16.4. The van der Waals surface area contributed by atoms with Gasteiger partial charge in [0.25, 0.3) is 0 Å². The van der Waals surface area contributed by atoms with Gasteiger partial charge in [-0.05, 0) is 33.3 Å². The van der Waals surface area contributed by atoms with Gasteiger partial charge in [0.1, 0.15) is 0 Å². The Morgan fingerprint density at radius 1 is 1.25 bits per heavy atom.